The van der Waals surface area contributed by atoms with Crippen LogP contribution in [-0.4, -0.2) is 46.8 Å². The molecule has 0 spiro atoms. The Balaban J connectivity index is 1.45. The number of aromatic nitrogens is 2. The second-order valence-electron chi connectivity index (χ2n) is 6.92. The molecule has 164 valence electrons. The van der Waals surface area contributed by atoms with Crippen LogP contribution in [0.25, 0.3) is 0 Å². The van der Waals surface area contributed by atoms with Crippen molar-refractivity contribution in [3.05, 3.63) is 42.4 Å². The molecular weight excluding hydrogens is 489 g/mol. The summed E-state index contributed by atoms with van der Waals surface area (Å²) in [6.07, 6.45) is -2.88. The summed E-state index contributed by atoms with van der Waals surface area (Å²) in [5.41, 5.74) is -1.90. The van der Waals surface area contributed by atoms with E-state index in [0.717, 1.165) is 22.0 Å². The number of fused-ring (bicyclic) bond motifs is 1. The molecule has 7 nitrogen and oxygen atoms in total. The lowest BCUT2D eigenvalue weighted by Crippen LogP contribution is -2.36. The van der Waals surface area contributed by atoms with Crippen LogP contribution < -0.4 is 10.9 Å². The first kappa shape index (κ1) is 22.8. The van der Waals surface area contributed by atoms with Gasteiger partial charge in [0, 0.05) is 24.0 Å². The molecule has 1 unspecified atom stereocenters. The maximum absolute atomic E-state index is 13.1. The molecule has 3 rings (SSSR count). The number of nitrogens with one attached hydrogen (secondary N) is 2. The van der Waals surface area contributed by atoms with Crippen LogP contribution >= 0.6 is 27.3 Å². The topological polar surface area (TPSA) is 87.3 Å². The normalized spacial score (nSPS) is 15.0. The molecule has 1 aliphatic heterocycles. The Morgan fingerprint density at radius 1 is 1.50 bits per heavy atom. The quantitative estimate of drug-likeness (QED) is 0.559. The van der Waals surface area contributed by atoms with Crippen molar-refractivity contribution < 1.29 is 22.7 Å². The van der Waals surface area contributed by atoms with E-state index in [1.54, 1.807) is 28.3 Å². The Morgan fingerprint density at radius 3 is 3.00 bits per heavy atom. The van der Waals surface area contributed by atoms with Gasteiger partial charge >= 0.3 is 6.18 Å². The number of alkyl halides is 3. The van der Waals surface area contributed by atoms with Crippen molar-refractivity contribution in [1.29, 1.82) is 0 Å². The first-order valence-electron chi connectivity index (χ1n) is 9.19. The number of nitrogens with zero attached hydrogens (tertiary/aromatic N) is 2. The largest absolute Gasteiger partial charge is 0.423 e. The zero-order valence-corrected chi connectivity index (χ0v) is 18.4. The van der Waals surface area contributed by atoms with Gasteiger partial charge in [0.15, 0.2) is 0 Å². The molecular formula is C18H20BrF3N4O3S. The number of H-pyrrole nitrogens is 1. The molecule has 0 fully saturated rings. The summed E-state index contributed by atoms with van der Waals surface area (Å²) < 4.78 is 45.7. The molecule has 2 aromatic rings. The summed E-state index contributed by atoms with van der Waals surface area (Å²) in [4.78, 5) is 26.9. The minimum atomic E-state index is -4.81. The smallest absolute Gasteiger partial charge is 0.379 e. The van der Waals surface area contributed by atoms with E-state index in [2.05, 4.69) is 26.3 Å². The van der Waals surface area contributed by atoms with Gasteiger partial charge in [-0.25, -0.2) is 5.10 Å². The molecule has 3 heterocycles. The Morgan fingerprint density at radius 2 is 2.27 bits per heavy atom. The summed E-state index contributed by atoms with van der Waals surface area (Å²) in [6.45, 7) is 3.07. The van der Waals surface area contributed by atoms with Gasteiger partial charge in [-0.05, 0) is 40.9 Å². The molecule has 0 saturated heterocycles. The zero-order chi connectivity index (χ0) is 21.9. The maximum atomic E-state index is 13.1. The van der Waals surface area contributed by atoms with E-state index < -0.39 is 29.0 Å². The number of rotatable bonds is 7. The van der Waals surface area contributed by atoms with Crippen LogP contribution in [0.2, 0.25) is 0 Å². The second kappa shape index (κ2) is 9.48. The van der Waals surface area contributed by atoms with Crippen molar-refractivity contribution in [2.75, 3.05) is 25.1 Å². The predicted molar refractivity (Wildman–Crippen MR) is 110 cm³/mol. The molecule has 1 amide bonds. The van der Waals surface area contributed by atoms with Crippen LogP contribution in [-0.2, 0) is 28.7 Å². The number of ether oxygens (including phenoxy) is 1. The number of carbonyl (C=O) groups excluding carboxylic acids is 1. The van der Waals surface area contributed by atoms with Crippen molar-refractivity contribution in [2.45, 2.75) is 38.5 Å². The highest BCUT2D eigenvalue weighted by Crippen LogP contribution is 2.32. The minimum Gasteiger partial charge on any atom is -0.379 e. The Hall–Kier alpha value is -1.92. The number of halogens is 4. The lowest BCUT2D eigenvalue weighted by molar-refractivity contribution is -0.138. The van der Waals surface area contributed by atoms with Crippen molar-refractivity contribution >= 4 is 38.9 Å². The van der Waals surface area contributed by atoms with E-state index in [1.807, 2.05) is 6.07 Å². The van der Waals surface area contributed by atoms with Crippen LogP contribution in [0.15, 0.2) is 20.8 Å². The maximum Gasteiger partial charge on any atom is 0.423 e. The van der Waals surface area contributed by atoms with Gasteiger partial charge in [0.25, 0.3) is 5.56 Å². The van der Waals surface area contributed by atoms with Crippen LogP contribution in [0, 0.1) is 0 Å². The average Bonchev–Trinajstić information content (AvgIpc) is 3.03. The lowest BCUT2D eigenvalue weighted by Gasteiger charge is -2.27. The van der Waals surface area contributed by atoms with E-state index in [9.17, 15) is 22.8 Å². The first-order valence-corrected chi connectivity index (χ1v) is 10.8. The van der Waals surface area contributed by atoms with Gasteiger partial charge in [-0.3, -0.25) is 9.59 Å². The molecule has 0 aromatic carbocycles. The molecule has 1 aliphatic rings. The molecule has 12 heteroatoms. The zero-order valence-electron chi connectivity index (χ0n) is 16.0. The number of thiophene rings is 1. The highest BCUT2D eigenvalue weighted by atomic mass is 79.9. The number of aromatic amines is 1. The molecule has 30 heavy (non-hydrogen) atoms. The van der Waals surface area contributed by atoms with Gasteiger partial charge in [-0.15, -0.1) is 11.3 Å². The standard InChI is InChI=1S/C18H20BrF3N4O3S/c1-10(24-12-7-23-25-17(28)16(12)18(20,21)22)9-29-5-3-15(27)26-4-2-13-11(8-26)6-14(19)30-13/h6-7,10H,2-5,8-9H2,1H3,(H2,24,25,28). The van der Waals surface area contributed by atoms with Gasteiger partial charge in [-0.2, -0.15) is 18.3 Å². The lowest BCUT2D eigenvalue weighted by atomic mass is 10.1. The van der Waals surface area contributed by atoms with Gasteiger partial charge in [-0.1, -0.05) is 0 Å². The third kappa shape index (κ3) is 5.61. The first-order chi connectivity index (χ1) is 14.1. The fourth-order valence-electron chi connectivity index (χ4n) is 3.18. The van der Waals surface area contributed by atoms with E-state index in [1.165, 1.54) is 4.88 Å². The SMILES string of the molecule is CC(COCCC(=O)N1CCc2sc(Br)cc2C1)Nc1cn[nH]c(=O)c1C(F)(F)F. The molecule has 0 bridgehead atoms. The molecule has 1 atom stereocenters. The van der Waals surface area contributed by atoms with Crippen LogP contribution in [0.1, 0.15) is 29.3 Å². The summed E-state index contributed by atoms with van der Waals surface area (Å²) in [6, 6.07) is 1.51. The third-order valence-corrected chi connectivity index (χ3v) is 6.30. The summed E-state index contributed by atoms with van der Waals surface area (Å²) in [5, 5.41) is 7.79. The number of hydrogen-bond acceptors (Lipinski definition) is 6. The summed E-state index contributed by atoms with van der Waals surface area (Å²) in [5.74, 6) is -0.0262. The van der Waals surface area contributed by atoms with Crippen LogP contribution in [0.4, 0.5) is 18.9 Å². The van der Waals surface area contributed by atoms with Crippen molar-refractivity contribution in [2.24, 2.45) is 0 Å². The van der Waals surface area contributed by atoms with E-state index in [0.29, 0.717) is 13.1 Å². The summed E-state index contributed by atoms with van der Waals surface area (Å²) >= 11 is 5.14. The number of carbonyl (C=O) groups is 1. The molecule has 0 saturated carbocycles. The highest BCUT2D eigenvalue weighted by Gasteiger charge is 2.37. The van der Waals surface area contributed by atoms with E-state index >= 15 is 0 Å². The van der Waals surface area contributed by atoms with Gasteiger partial charge in [0.2, 0.25) is 5.91 Å². The fraction of sp³-hybridized carbons (Fsp3) is 0.500. The molecule has 2 N–H and O–H groups in total. The Labute approximate surface area is 182 Å². The molecule has 2 aromatic heterocycles. The number of hydrogen-bond donors (Lipinski definition) is 2. The predicted octanol–water partition coefficient (Wildman–Crippen LogP) is 3.40. The highest BCUT2D eigenvalue weighted by molar-refractivity contribution is 9.11. The van der Waals surface area contributed by atoms with Crippen LogP contribution in [0.3, 0.4) is 0 Å². The van der Waals surface area contributed by atoms with Gasteiger partial charge in [0.1, 0.15) is 5.56 Å². The van der Waals surface area contributed by atoms with Crippen molar-refractivity contribution in [3.8, 4) is 0 Å². The third-order valence-electron chi connectivity index (χ3n) is 4.56. The average molecular weight is 509 g/mol. The van der Waals surface area contributed by atoms with Gasteiger partial charge in [0.05, 0.1) is 35.3 Å². The summed E-state index contributed by atoms with van der Waals surface area (Å²) in [7, 11) is 0. The van der Waals surface area contributed by atoms with Crippen LogP contribution in [0.5, 0.6) is 0 Å². The minimum absolute atomic E-state index is 0.0262. The number of amides is 1. The van der Waals surface area contributed by atoms with E-state index in [-0.39, 0.29) is 25.5 Å². The molecule has 0 aliphatic carbocycles. The van der Waals surface area contributed by atoms with Crippen molar-refractivity contribution in [1.82, 2.24) is 15.1 Å². The fourth-order valence-corrected chi connectivity index (χ4v) is 4.93. The molecule has 0 radical (unpaired) electrons. The van der Waals surface area contributed by atoms with Crippen molar-refractivity contribution in [3.63, 3.8) is 0 Å². The number of anilines is 1. The van der Waals surface area contributed by atoms with E-state index in [4.69, 9.17) is 4.74 Å². The second-order valence-corrected chi connectivity index (χ2v) is 9.44. The Kier molecular flexibility index (Phi) is 7.19. The van der Waals surface area contributed by atoms with Gasteiger partial charge < -0.3 is 15.0 Å². The Bertz CT molecular complexity index is 963. The monoisotopic (exact) mass is 508 g/mol.